The molecular weight excluding hydrogens is 241 g/mol. The average molecular weight is 259 g/mol. The molecule has 1 fully saturated rings. The number of phenolic OH excluding ortho intramolecular Hbond substituents is 1. The number of hydrogen-bond acceptors (Lipinski definition) is 3. The van der Waals surface area contributed by atoms with Crippen LogP contribution < -0.4 is 4.74 Å². The van der Waals surface area contributed by atoms with Crippen molar-refractivity contribution in [1.29, 1.82) is 0 Å². The second-order valence-corrected chi connectivity index (χ2v) is 4.90. The number of nitrogens with zero attached hydrogens (tertiary/aromatic N) is 1. The molecule has 1 amide bonds. The van der Waals surface area contributed by atoms with E-state index < -0.39 is 0 Å². The lowest BCUT2D eigenvalue weighted by Crippen LogP contribution is -2.55. The zero-order valence-electron chi connectivity index (χ0n) is 11.3. The highest BCUT2D eigenvalue weighted by Gasteiger charge is 2.30. The monoisotopic (exact) mass is 259 g/mol. The predicted octanol–water partition coefficient (Wildman–Crippen LogP) is 1.44. The highest BCUT2D eigenvalue weighted by atomic mass is 16.5. The van der Waals surface area contributed by atoms with Gasteiger partial charge in [0.25, 0.3) is 0 Å². The van der Waals surface area contributed by atoms with E-state index in [9.17, 15) is 9.90 Å². The summed E-state index contributed by atoms with van der Waals surface area (Å²) in [6.07, 6.45) is 1.17. The number of carbonyl (C=O) groups excluding carboxylic acids is 1. The number of hydrogen-bond donors (Lipinski definition) is 1. The van der Waals surface area contributed by atoms with E-state index >= 15 is 0 Å². The molecule has 0 aromatic heterocycles. The predicted molar refractivity (Wildman–Crippen MR) is 73.8 cm³/mol. The van der Waals surface area contributed by atoms with E-state index in [4.69, 9.17) is 12.6 Å². The van der Waals surface area contributed by atoms with Crippen molar-refractivity contribution >= 4 is 13.8 Å². The lowest BCUT2D eigenvalue weighted by molar-refractivity contribution is -0.137. The molecule has 19 heavy (non-hydrogen) atoms. The molecule has 1 aliphatic heterocycles. The second-order valence-electron chi connectivity index (χ2n) is 4.90. The summed E-state index contributed by atoms with van der Waals surface area (Å²) in [4.78, 5) is 12.8. The summed E-state index contributed by atoms with van der Waals surface area (Å²) < 4.78 is 5.79. The van der Waals surface area contributed by atoms with Crippen molar-refractivity contribution in [2.45, 2.75) is 32.7 Å². The van der Waals surface area contributed by atoms with Crippen LogP contribution in [0.2, 0.25) is 6.32 Å². The smallest absolute Gasteiger partial charge is 0.219 e. The molecule has 5 heteroatoms. The van der Waals surface area contributed by atoms with Crippen LogP contribution in [0.4, 0.5) is 0 Å². The molecule has 0 aliphatic carbocycles. The molecule has 0 spiro atoms. The summed E-state index contributed by atoms with van der Waals surface area (Å²) in [6, 6.07) is 3.70. The third kappa shape index (κ3) is 2.86. The van der Waals surface area contributed by atoms with Crippen molar-refractivity contribution in [2.24, 2.45) is 0 Å². The van der Waals surface area contributed by atoms with Gasteiger partial charge in [-0.05, 0) is 25.0 Å². The van der Waals surface area contributed by atoms with Crippen LogP contribution in [-0.2, 0) is 11.2 Å². The Labute approximate surface area is 114 Å². The molecule has 1 saturated heterocycles. The van der Waals surface area contributed by atoms with Gasteiger partial charge < -0.3 is 14.7 Å². The fourth-order valence-corrected chi connectivity index (χ4v) is 2.17. The van der Waals surface area contributed by atoms with E-state index in [2.05, 4.69) is 0 Å². The van der Waals surface area contributed by atoms with Crippen molar-refractivity contribution in [1.82, 2.24) is 4.90 Å². The second kappa shape index (κ2) is 5.55. The summed E-state index contributed by atoms with van der Waals surface area (Å²) in [5.74, 6) is 0.995. The number of phenols is 1. The lowest BCUT2D eigenvalue weighted by atomic mass is 9.95. The zero-order valence-corrected chi connectivity index (χ0v) is 11.3. The van der Waals surface area contributed by atoms with Crippen LogP contribution in [0.3, 0.4) is 0 Å². The minimum Gasteiger partial charge on any atom is -0.507 e. The Kier molecular flexibility index (Phi) is 4.03. The van der Waals surface area contributed by atoms with Crippen LogP contribution in [0.5, 0.6) is 11.5 Å². The molecule has 0 unspecified atom stereocenters. The molecule has 1 aromatic rings. The number of likely N-dealkylation sites (tertiary alicyclic amines) is 1. The molecule has 2 rings (SSSR count). The van der Waals surface area contributed by atoms with Gasteiger partial charge in [0.2, 0.25) is 5.91 Å². The minimum absolute atomic E-state index is 0.0161. The fraction of sp³-hybridized carbons (Fsp3) is 0.500. The molecule has 0 bridgehead atoms. The van der Waals surface area contributed by atoms with Crippen LogP contribution in [-0.4, -0.2) is 43.0 Å². The maximum Gasteiger partial charge on any atom is 0.219 e. The molecule has 0 atom stereocenters. The van der Waals surface area contributed by atoms with E-state index in [1.54, 1.807) is 11.8 Å². The normalized spacial score (nSPS) is 15.2. The van der Waals surface area contributed by atoms with Crippen LogP contribution in [0.25, 0.3) is 0 Å². The SMILES string of the molecule is [B]CCc1ccc(OC2CN(C(C)=O)C2)c(C)c1O. The number of aromatic hydroxyl groups is 1. The van der Waals surface area contributed by atoms with E-state index in [1.807, 2.05) is 19.1 Å². The molecule has 1 heterocycles. The number of amides is 1. The molecule has 2 radical (unpaired) electrons. The summed E-state index contributed by atoms with van der Waals surface area (Å²) >= 11 is 0. The number of aryl methyl sites for hydroxylation is 1. The molecular formula is C14H18BNO3. The summed E-state index contributed by atoms with van der Waals surface area (Å²) in [7, 11) is 5.49. The Bertz CT molecular complexity index is 484. The first-order valence-corrected chi connectivity index (χ1v) is 6.46. The lowest BCUT2D eigenvalue weighted by Gasteiger charge is -2.38. The van der Waals surface area contributed by atoms with E-state index in [0.717, 1.165) is 11.1 Å². The molecule has 1 N–H and O–H groups in total. The van der Waals surface area contributed by atoms with Crippen molar-refractivity contribution in [2.75, 3.05) is 13.1 Å². The van der Waals surface area contributed by atoms with Crippen LogP contribution in [0.15, 0.2) is 12.1 Å². The van der Waals surface area contributed by atoms with Gasteiger partial charge in [-0.1, -0.05) is 12.4 Å². The van der Waals surface area contributed by atoms with Gasteiger partial charge in [-0.15, -0.1) is 0 Å². The van der Waals surface area contributed by atoms with Crippen molar-refractivity contribution < 1.29 is 14.6 Å². The van der Waals surface area contributed by atoms with Gasteiger partial charge in [0.05, 0.1) is 20.9 Å². The molecule has 4 nitrogen and oxygen atoms in total. The Hall–Kier alpha value is -1.65. The third-order valence-corrected chi connectivity index (χ3v) is 3.47. The largest absolute Gasteiger partial charge is 0.507 e. The highest BCUT2D eigenvalue weighted by Crippen LogP contribution is 2.32. The Morgan fingerprint density at radius 2 is 2.21 bits per heavy atom. The van der Waals surface area contributed by atoms with Gasteiger partial charge in [0.1, 0.15) is 17.6 Å². The summed E-state index contributed by atoms with van der Waals surface area (Å²) in [5, 5.41) is 10.1. The summed E-state index contributed by atoms with van der Waals surface area (Å²) in [6.45, 7) is 4.60. The van der Waals surface area contributed by atoms with E-state index in [-0.39, 0.29) is 17.8 Å². The first-order valence-electron chi connectivity index (χ1n) is 6.46. The van der Waals surface area contributed by atoms with Crippen LogP contribution >= 0.6 is 0 Å². The molecule has 0 saturated carbocycles. The Morgan fingerprint density at radius 3 is 2.79 bits per heavy atom. The minimum atomic E-state index is 0.0161. The van der Waals surface area contributed by atoms with Crippen molar-refractivity contribution in [3.05, 3.63) is 23.3 Å². The fourth-order valence-electron chi connectivity index (χ4n) is 2.17. The van der Waals surface area contributed by atoms with Crippen LogP contribution in [0.1, 0.15) is 18.1 Å². The summed E-state index contributed by atoms with van der Waals surface area (Å²) in [5.41, 5.74) is 1.57. The highest BCUT2D eigenvalue weighted by molar-refractivity contribution is 6.08. The number of carbonyl (C=O) groups is 1. The van der Waals surface area contributed by atoms with Crippen LogP contribution in [0, 0.1) is 6.92 Å². The van der Waals surface area contributed by atoms with Crippen molar-refractivity contribution in [3.8, 4) is 11.5 Å². The van der Waals surface area contributed by atoms with Gasteiger partial charge in [-0.25, -0.2) is 0 Å². The van der Waals surface area contributed by atoms with Gasteiger partial charge in [0, 0.05) is 12.5 Å². The first kappa shape index (κ1) is 13.8. The van der Waals surface area contributed by atoms with Gasteiger partial charge >= 0.3 is 0 Å². The Balaban J connectivity index is 2.02. The third-order valence-electron chi connectivity index (χ3n) is 3.47. The van der Waals surface area contributed by atoms with Gasteiger partial charge in [0.15, 0.2) is 0 Å². The van der Waals surface area contributed by atoms with E-state index in [1.165, 1.54) is 0 Å². The Morgan fingerprint density at radius 1 is 1.53 bits per heavy atom. The van der Waals surface area contributed by atoms with Gasteiger partial charge in [-0.3, -0.25) is 4.79 Å². The quantitative estimate of drug-likeness (QED) is 0.832. The number of rotatable bonds is 4. The molecule has 1 aliphatic rings. The van der Waals surface area contributed by atoms with Gasteiger partial charge in [-0.2, -0.15) is 0 Å². The molecule has 1 aromatic carbocycles. The molecule has 100 valence electrons. The zero-order chi connectivity index (χ0) is 14.0. The average Bonchev–Trinajstić information content (AvgIpc) is 2.31. The van der Waals surface area contributed by atoms with E-state index in [0.29, 0.717) is 31.6 Å². The maximum absolute atomic E-state index is 11.1. The maximum atomic E-state index is 11.1. The first-order chi connectivity index (χ1) is 9.02. The topological polar surface area (TPSA) is 49.8 Å². The number of ether oxygens (including phenoxy) is 1. The van der Waals surface area contributed by atoms with Crippen molar-refractivity contribution in [3.63, 3.8) is 0 Å². The standard InChI is InChI=1S/C14H18BNO3/c1-9-13(4-3-11(5-6-15)14(9)18)19-12-7-16(8-12)10(2)17/h3-4,12,18H,5-8H2,1-2H3. The number of benzene rings is 1.